The van der Waals surface area contributed by atoms with Gasteiger partial charge in [0, 0.05) is 18.9 Å². The van der Waals surface area contributed by atoms with E-state index in [1.54, 1.807) is 18.3 Å². The van der Waals surface area contributed by atoms with Crippen LogP contribution in [0.1, 0.15) is 11.4 Å². The quantitative estimate of drug-likeness (QED) is 0.892. The van der Waals surface area contributed by atoms with Gasteiger partial charge in [0.05, 0.1) is 11.6 Å². The van der Waals surface area contributed by atoms with E-state index in [0.29, 0.717) is 13.1 Å². The third kappa shape index (κ3) is 2.23. The minimum absolute atomic E-state index is 0.133. The van der Waals surface area contributed by atoms with Crippen LogP contribution in [-0.4, -0.2) is 9.55 Å². The molecule has 2 N–H and O–H groups in total. The molecule has 0 bridgehead atoms. The van der Waals surface area contributed by atoms with Gasteiger partial charge < -0.3 is 10.3 Å². The van der Waals surface area contributed by atoms with Crippen LogP contribution in [-0.2, 0) is 13.1 Å². The number of nitrogens with zero attached hydrogens (tertiary/aromatic N) is 2. The standard InChI is InChI=1S/C11H11ClFN3/c12-9-2-1-8(5-10(9)13)7-16-4-3-15-11(16)6-14/h1-5H,6-7,14H2. The van der Waals surface area contributed by atoms with Gasteiger partial charge in [0.25, 0.3) is 0 Å². The molecule has 0 saturated carbocycles. The average molecular weight is 240 g/mol. The van der Waals surface area contributed by atoms with Gasteiger partial charge in [-0.2, -0.15) is 0 Å². The lowest BCUT2D eigenvalue weighted by Crippen LogP contribution is -2.08. The largest absolute Gasteiger partial charge is 0.329 e. The number of nitrogens with two attached hydrogens (primary N) is 1. The SMILES string of the molecule is NCc1nccn1Cc1ccc(Cl)c(F)c1. The molecule has 2 aromatic rings. The first kappa shape index (κ1) is 11.1. The van der Waals surface area contributed by atoms with Crippen molar-refractivity contribution in [3.05, 3.63) is 52.8 Å². The fourth-order valence-electron chi connectivity index (χ4n) is 1.51. The van der Waals surface area contributed by atoms with E-state index in [1.165, 1.54) is 6.07 Å². The molecule has 16 heavy (non-hydrogen) atoms. The van der Waals surface area contributed by atoms with Crippen molar-refractivity contribution in [2.24, 2.45) is 5.73 Å². The van der Waals surface area contributed by atoms with Crippen LogP contribution in [0.25, 0.3) is 0 Å². The topological polar surface area (TPSA) is 43.8 Å². The van der Waals surface area contributed by atoms with Gasteiger partial charge in [-0.3, -0.25) is 0 Å². The monoisotopic (exact) mass is 239 g/mol. The molecule has 1 heterocycles. The molecule has 0 atom stereocenters. The van der Waals surface area contributed by atoms with Gasteiger partial charge in [-0.25, -0.2) is 9.37 Å². The van der Waals surface area contributed by atoms with E-state index in [-0.39, 0.29) is 5.02 Å². The molecule has 0 fully saturated rings. The van der Waals surface area contributed by atoms with Crippen LogP contribution in [0.2, 0.25) is 5.02 Å². The molecule has 0 aliphatic heterocycles. The number of halogens is 2. The van der Waals surface area contributed by atoms with E-state index in [0.717, 1.165) is 11.4 Å². The summed E-state index contributed by atoms with van der Waals surface area (Å²) in [6, 6.07) is 4.75. The van der Waals surface area contributed by atoms with Gasteiger partial charge in [0.2, 0.25) is 0 Å². The van der Waals surface area contributed by atoms with Crippen molar-refractivity contribution in [1.29, 1.82) is 0 Å². The highest BCUT2D eigenvalue weighted by molar-refractivity contribution is 6.30. The molecule has 5 heteroatoms. The zero-order valence-corrected chi connectivity index (χ0v) is 9.28. The van der Waals surface area contributed by atoms with E-state index in [2.05, 4.69) is 4.98 Å². The number of imidazole rings is 1. The van der Waals surface area contributed by atoms with Crippen LogP contribution >= 0.6 is 11.6 Å². The molecule has 0 unspecified atom stereocenters. The summed E-state index contributed by atoms with van der Waals surface area (Å²) in [7, 11) is 0. The zero-order valence-electron chi connectivity index (χ0n) is 8.53. The average Bonchev–Trinajstić information content (AvgIpc) is 2.71. The summed E-state index contributed by atoms with van der Waals surface area (Å²) < 4.78 is 15.1. The summed E-state index contributed by atoms with van der Waals surface area (Å²) in [5.74, 6) is 0.365. The molecule has 0 aliphatic carbocycles. The Morgan fingerprint density at radius 2 is 2.25 bits per heavy atom. The lowest BCUT2D eigenvalue weighted by Gasteiger charge is -2.06. The van der Waals surface area contributed by atoms with Crippen molar-refractivity contribution in [2.45, 2.75) is 13.1 Å². The second-order valence-electron chi connectivity index (χ2n) is 3.42. The first-order valence-corrected chi connectivity index (χ1v) is 5.22. The van der Waals surface area contributed by atoms with Crippen molar-refractivity contribution >= 4 is 11.6 Å². The molecular formula is C11H11ClFN3. The molecule has 0 saturated heterocycles. The van der Waals surface area contributed by atoms with Crippen LogP contribution in [0, 0.1) is 5.82 Å². The third-order valence-electron chi connectivity index (χ3n) is 2.32. The maximum Gasteiger partial charge on any atom is 0.142 e. The summed E-state index contributed by atoms with van der Waals surface area (Å²) in [6.07, 6.45) is 3.49. The number of rotatable bonds is 3. The second-order valence-corrected chi connectivity index (χ2v) is 3.83. The van der Waals surface area contributed by atoms with Crippen molar-refractivity contribution < 1.29 is 4.39 Å². The molecule has 3 nitrogen and oxygen atoms in total. The molecule has 0 amide bonds. The van der Waals surface area contributed by atoms with Gasteiger partial charge in [0.15, 0.2) is 0 Å². The van der Waals surface area contributed by atoms with Crippen molar-refractivity contribution in [3.63, 3.8) is 0 Å². The minimum atomic E-state index is -0.409. The van der Waals surface area contributed by atoms with Crippen molar-refractivity contribution in [3.8, 4) is 0 Å². The smallest absolute Gasteiger partial charge is 0.142 e. The molecule has 84 valence electrons. The van der Waals surface area contributed by atoms with Crippen LogP contribution in [0.4, 0.5) is 4.39 Å². The molecule has 2 rings (SSSR count). The maximum absolute atomic E-state index is 13.2. The Labute approximate surface area is 97.7 Å². The van der Waals surface area contributed by atoms with E-state index in [1.807, 2.05) is 10.8 Å². The van der Waals surface area contributed by atoms with Gasteiger partial charge in [0.1, 0.15) is 11.6 Å². The molecule has 1 aromatic carbocycles. The predicted molar refractivity (Wildman–Crippen MR) is 60.6 cm³/mol. The van der Waals surface area contributed by atoms with Gasteiger partial charge in [-0.05, 0) is 17.7 Å². The van der Waals surface area contributed by atoms with Gasteiger partial charge in [-0.15, -0.1) is 0 Å². The summed E-state index contributed by atoms with van der Waals surface area (Å²) in [6.45, 7) is 0.906. The second kappa shape index (κ2) is 4.63. The Bertz CT molecular complexity index is 496. The van der Waals surface area contributed by atoms with Crippen LogP contribution in [0.15, 0.2) is 30.6 Å². The Kier molecular flexibility index (Phi) is 3.22. The van der Waals surface area contributed by atoms with Gasteiger partial charge in [-0.1, -0.05) is 17.7 Å². The van der Waals surface area contributed by atoms with E-state index in [9.17, 15) is 4.39 Å². The zero-order chi connectivity index (χ0) is 11.5. The first-order chi connectivity index (χ1) is 7.70. The Morgan fingerprint density at radius 3 is 2.94 bits per heavy atom. The third-order valence-corrected chi connectivity index (χ3v) is 2.63. The van der Waals surface area contributed by atoms with Gasteiger partial charge >= 0.3 is 0 Å². The highest BCUT2D eigenvalue weighted by Crippen LogP contribution is 2.16. The summed E-state index contributed by atoms with van der Waals surface area (Å²) >= 11 is 5.61. The van der Waals surface area contributed by atoms with Crippen LogP contribution in [0.5, 0.6) is 0 Å². The number of aromatic nitrogens is 2. The lowest BCUT2D eigenvalue weighted by molar-refractivity contribution is 0.622. The Morgan fingerprint density at radius 1 is 1.44 bits per heavy atom. The van der Waals surface area contributed by atoms with E-state index >= 15 is 0 Å². The molecular weight excluding hydrogens is 229 g/mol. The highest BCUT2D eigenvalue weighted by atomic mass is 35.5. The van der Waals surface area contributed by atoms with E-state index < -0.39 is 5.82 Å². The first-order valence-electron chi connectivity index (χ1n) is 4.84. The molecule has 0 spiro atoms. The van der Waals surface area contributed by atoms with Crippen molar-refractivity contribution in [2.75, 3.05) is 0 Å². The maximum atomic E-state index is 13.2. The Hall–Kier alpha value is -1.39. The summed E-state index contributed by atoms with van der Waals surface area (Å²) in [5.41, 5.74) is 6.35. The fraction of sp³-hybridized carbons (Fsp3) is 0.182. The molecule has 0 aliphatic rings. The van der Waals surface area contributed by atoms with Crippen LogP contribution in [0.3, 0.4) is 0 Å². The summed E-state index contributed by atoms with van der Waals surface area (Å²) in [5, 5.41) is 0.133. The highest BCUT2D eigenvalue weighted by Gasteiger charge is 2.04. The van der Waals surface area contributed by atoms with E-state index in [4.69, 9.17) is 17.3 Å². The fourth-order valence-corrected chi connectivity index (χ4v) is 1.63. The Balaban J connectivity index is 2.24. The minimum Gasteiger partial charge on any atom is -0.329 e. The predicted octanol–water partition coefficient (Wildman–Crippen LogP) is 2.18. The molecule has 0 radical (unpaired) electrons. The number of hydrogen-bond donors (Lipinski definition) is 1. The normalized spacial score (nSPS) is 10.7. The number of hydrogen-bond acceptors (Lipinski definition) is 2. The molecule has 1 aromatic heterocycles. The number of benzene rings is 1. The van der Waals surface area contributed by atoms with Crippen molar-refractivity contribution in [1.82, 2.24) is 9.55 Å². The van der Waals surface area contributed by atoms with Crippen LogP contribution < -0.4 is 5.73 Å². The summed E-state index contributed by atoms with van der Waals surface area (Å²) in [4.78, 5) is 4.09. The lowest BCUT2D eigenvalue weighted by atomic mass is 10.2.